The van der Waals surface area contributed by atoms with E-state index in [1.54, 1.807) is 51.9 Å². The van der Waals surface area contributed by atoms with Crippen molar-refractivity contribution in [1.82, 2.24) is 9.80 Å². The fourth-order valence-electron chi connectivity index (χ4n) is 3.58. The number of ketones is 1. The van der Waals surface area contributed by atoms with Gasteiger partial charge in [0.15, 0.2) is 5.78 Å². The summed E-state index contributed by atoms with van der Waals surface area (Å²) >= 11 is 5.78. The standard InChI is InChI=1S/C21H29ClF2N2O3/c1-20(2,3)29-19(28)26-13-21(24,12-25(4)5)11-16(26)17(27)10-9-14-7-6-8-15(22)18(14)23/h6-8,16H,9-13H2,1-5H3/t16-,21-/m0/s1. The molecular weight excluding hydrogens is 402 g/mol. The van der Waals surface area contributed by atoms with Gasteiger partial charge in [-0.2, -0.15) is 0 Å². The van der Waals surface area contributed by atoms with Crippen molar-refractivity contribution >= 4 is 23.5 Å². The molecule has 0 N–H and O–H groups in total. The highest BCUT2D eigenvalue weighted by atomic mass is 35.5. The van der Waals surface area contributed by atoms with Crippen LogP contribution in [0.1, 0.15) is 39.2 Å². The van der Waals surface area contributed by atoms with Gasteiger partial charge in [0, 0.05) is 19.4 Å². The predicted molar refractivity (Wildman–Crippen MR) is 108 cm³/mol. The van der Waals surface area contributed by atoms with Crippen LogP contribution in [-0.2, 0) is 16.0 Å². The van der Waals surface area contributed by atoms with Crippen molar-refractivity contribution in [2.75, 3.05) is 27.2 Å². The Morgan fingerprint density at radius 2 is 2.00 bits per heavy atom. The third kappa shape index (κ3) is 6.37. The van der Waals surface area contributed by atoms with Gasteiger partial charge in [-0.1, -0.05) is 23.7 Å². The van der Waals surface area contributed by atoms with E-state index in [1.165, 1.54) is 11.0 Å². The molecule has 1 aliphatic rings. The number of likely N-dealkylation sites (tertiary alicyclic amines) is 1. The Morgan fingerprint density at radius 3 is 2.59 bits per heavy atom. The van der Waals surface area contributed by atoms with Crippen LogP contribution in [0.4, 0.5) is 13.6 Å². The fraction of sp³-hybridized carbons (Fsp3) is 0.619. The van der Waals surface area contributed by atoms with Crippen LogP contribution in [0.5, 0.6) is 0 Å². The number of ether oxygens (including phenoxy) is 1. The van der Waals surface area contributed by atoms with Crippen molar-refractivity contribution in [2.45, 2.75) is 57.3 Å². The summed E-state index contributed by atoms with van der Waals surface area (Å²) in [7, 11) is 3.46. The van der Waals surface area contributed by atoms with Gasteiger partial charge >= 0.3 is 6.09 Å². The molecule has 0 radical (unpaired) electrons. The van der Waals surface area contributed by atoms with Crippen molar-refractivity contribution < 1.29 is 23.1 Å². The monoisotopic (exact) mass is 430 g/mol. The van der Waals surface area contributed by atoms with E-state index >= 15 is 4.39 Å². The molecule has 1 aliphatic heterocycles. The molecule has 162 valence electrons. The Labute approximate surface area is 175 Å². The molecule has 0 aromatic heterocycles. The predicted octanol–water partition coefficient (Wildman–Crippen LogP) is 4.26. The molecule has 0 aliphatic carbocycles. The summed E-state index contributed by atoms with van der Waals surface area (Å²) in [4.78, 5) is 28.4. The first-order chi connectivity index (χ1) is 13.3. The molecule has 1 aromatic carbocycles. The number of benzene rings is 1. The Bertz CT molecular complexity index is 767. The average molecular weight is 431 g/mol. The van der Waals surface area contributed by atoms with E-state index in [-0.39, 0.29) is 43.2 Å². The zero-order valence-corrected chi connectivity index (χ0v) is 18.4. The zero-order chi connectivity index (χ0) is 22.0. The average Bonchev–Trinajstić information content (AvgIpc) is 2.91. The third-order valence-electron chi connectivity index (χ3n) is 4.66. The highest BCUT2D eigenvalue weighted by Gasteiger charge is 2.50. The topological polar surface area (TPSA) is 49.9 Å². The van der Waals surface area contributed by atoms with Gasteiger partial charge in [-0.15, -0.1) is 0 Å². The fourth-order valence-corrected chi connectivity index (χ4v) is 3.78. The number of alkyl halides is 1. The van der Waals surface area contributed by atoms with E-state index in [0.717, 1.165) is 0 Å². The minimum atomic E-state index is -1.72. The minimum Gasteiger partial charge on any atom is -0.444 e. The summed E-state index contributed by atoms with van der Waals surface area (Å²) in [5.41, 5.74) is -2.17. The maximum atomic E-state index is 15.4. The molecule has 1 saturated heterocycles. The molecule has 0 spiro atoms. The molecule has 8 heteroatoms. The van der Waals surface area contributed by atoms with Crippen LogP contribution in [0.3, 0.4) is 0 Å². The van der Waals surface area contributed by atoms with Crippen LogP contribution < -0.4 is 0 Å². The van der Waals surface area contributed by atoms with Crippen LogP contribution in [0.2, 0.25) is 5.02 Å². The van der Waals surface area contributed by atoms with E-state index in [2.05, 4.69) is 0 Å². The SMILES string of the molecule is CN(C)C[C@@]1(F)C[C@@H](C(=O)CCc2cccc(Cl)c2F)N(C(=O)OC(C)(C)C)C1. The molecule has 29 heavy (non-hydrogen) atoms. The first kappa shape index (κ1) is 23.5. The summed E-state index contributed by atoms with van der Waals surface area (Å²) in [6, 6.07) is 3.65. The maximum absolute atomic E-state index is 15.4. The Balaban J connectivity index is 2.17. The molecule has 1 fully saturated rings. The van der Waals surface area contributed by atoms with Crippen molar-refractivity contribution in [1.29, 1.82) is 0 Å². The smallest absolute Gasteiger partial charge is 0.411 e. The minimum absolute atomic E-state index is 0.0139. The number of amides is 1. The van der Waals surface area contributed by atoms with Gasteiger partial charge in [0.1, 0.15) is 17.1 Å². The Kier molecular flexibility index (Phi) is 7.28. The second-order valence-corrected chi connectivity index (χ2v) is 9.30. The van der Waals surface area contributed by atoms with Crippen LogP contribution in [0, 0.1) is 5.82 Å². The molecule has 1 heterocycles. The first-order valence-corrected chi connectivity index (χ1v) is 9.98. The van der Waals surface area contributed by atoms with Crippen molar-refractivity contribution in [2.24, 2.45) is 0 Å². The van der Waals surface area contributed by atoms with E-state index in [4.69, 9.17) is 16.3 Å². The highest BCUT2D eigenvalue weighted by Crippen LogP contribution is 2.34. The number of rotatable bonds is 6. The molecule has 0 unspecified atom stereocenters. The third-order valence-corrected chi connectivity index (χ3v) is 4.95. The van der Waals surface area contributed by atoms with Crippen LogP contribution in [0.25, 0.3) is 0 Å². The lowest BCUT2D eigenvalue weighted by atomic mass is 9.96. The van der Waals surface area contributed by atoms with E-state index in [0.29, 0.717) is 5.56 Å². The number of carbonyl (C=O) groups is 2. The van der Waals surface area contributed by atoms with E-state index in [1.807, 2.05) is 0 Å². The molecule has 0 saturated carbocycles. The van der Waals surface area contributed by atoms with E-state index in [9.17, 15) is 14.0 Å². The van der Waals surface area contributed by atoms with Gasteiger partial charge in [0.2, 0.25) is 0 Å². The van der Waals surface area contributed by atoms with Gasteiger partial charge in [-0.25, -0.2) is 13.6 Å². The Morgan fingerprint density at radius 1 is 1.34 bits per heavy atom. The molecule has 1 aromatic rings. The summed E-state index contributed by atoms with van der Waals surface area (Å²) in [5, 5.41) is -0.0139. The summed E-state index contributed by atoms with van der Waals surface area (Å²) in [5.74, 6) is -0.890. The molecular formula is C21H29ClF2N2O3. The summed E-state index contributed by atoms with van der Waals surface area (Å²) in [6.45, 7) is 4.99. The summed E-state index contributed by atoms with van der Waals surface area (Å²) in [6.07, 6.45) is -0.736. The lowest BCUT2D eigenvalue weighted by Gasteiger charge is -2.28. The first-order valence-electron chi connectivity index (χ1n) is 9.60. The number of Topliss-reactive ketones (excluding diaryl/α,β-unsaturated/α-hetero) is 1. The van der Waals surface area contributed by atoms with Gasteiger partial charge < -0.3 is 9.64 Å². The summed E-state index contributed by atoms with van der Waals surface area (Å²) < 4.78 is 34.8. The number of hydrogen-bond acceptors (Lipinski definition) is 4. The second-order valence-electron chi connectivity index (χ2n) is 8.90. The van der Waals surface area contributed by atoms with E-state index < -0.39 is 29.2 Å². The van der Waals surface area contributed by atoms with Crippen molar-refractivity contribution in [3.63, 3.8) is 0 Å². The van der Waals surface area contributed by atoms with Gasteiger partial charge in [0.05, 0.1) is 17.6 Å². The molecule has 2 rings (SSSR count). The number of carbonyl (C=O) groups excluding carboxylic acids is 2. The van der Waals surface area contributed by atoms with Crippen molar-refractivity contribution in [3.05, 3.63) is 34.6 Å². The normalized spacial score (nSPS) is 22.2. The number of hydrogen-bond donors (Lipinski definition) is 0. The molecule has 0 bridgehead atoms. The molecule has 1 amide bonds. The quantitative estimate of drug-likeness (QED) is 0.676. The van der Waals surface area contributed by atoms with Crippen LogP contribution in [0.15, 0.2) is 18.2 Å². The number of aryl methyl sites for hydroxylation is 1. The lowest BCUT2D eigenvalue weighted by Crippen LogP contribution is -2.44. The lowest BCUT2D eigenvalue weighted by molar-refractivity contribution is -0.123. The Hall–Kier alpha value is -1.73. The van der Waals surface area contributed by atoms with Gasteiger partial charge in [0.25, 0.3) is 0 Å². The highest BCUT2D eigenvalue weighted by molar-refractivity contribution is 6.30. The maximum Gasteiger partial charge on any atom is 0.411 e. The molecule has 2 atom stereocenters. The largest absolute Gasteiger partial charge is 0.444 e. The van der Waals surface area contributed by atoms with Gasteiger partial charge in [-0.3, -0.25) is 9.69 Å². The second kappa shape index (κ2) is 8.96. The number of nitrogens with zero attached hydrogens (tertiary/aromatic N) is 2. The van der Waals surface area contributed by atoms with Crippen molar-refractivity contribution in [3.8, 4) is 0 Å². The zero-order valence-electron chi connectivity index (χ0n) is 17.6. The number of halogens is 3. The van der Waals surface area contributed by atoms with Gasteiger partial charge in [-0.05, 0) is 52.9 Å². The molecule has 5 nitrogen and oxygen atoms in total. The van der Waals surface area contributed by atoms with Crippen LogP contribution in [-0.4, -0.2) is 66.2 Å². The van der Waals surface area contributed by atoms with Crippen LogP contribution >= 0.6 is 11.6 Å².